The minimum absolute atomic E-state index is 0.378. The number of nitrogens with one attached hydrogen (secondary N) is 1. The van der Waals surface area contributed by atoms with Crippen LogP contribution in [0.15, 0.2) is 36.4 Å². The molecule has 0 unspecified atom stereocenters. The van der Waals surface area contributed by atoms with E-state index in [2.05, 4.69) is 11.9 Å². The van der Waals surface area contributed by atoms with Crippen LogP contribution in [0.25, 0.3) is 0 Å². The maximum Gasteiger partial charge on any atom is 0.122 e. The first-order chi connectivity index (χ1) is 10.8. The van der Waals surface area contributed by atoms with Crippen molar-refractivity contribution in [1.29, 1.82) is 0 Å². The van der Waals surface area contributed by atoms with Gasteiger partial charge in [-0.25, -0.2) is 0 Å². The minimum Gasteiger partial charge on any atom is -0.507 e. The van der Waals surface area contributed by atoms with Crippen LogP contribution in [-0.4, -0.2) is 12.2 Å². The molecule has 0 atom stereocenters. The second-order valence-electron chi connectivity index (χ2n) is 6.06. The largest absolute Gasteiger partial charge is 0.507 e. The zero-order valence-corrected chi connectivity index (χ0v) is 14.6. The Labute approximate surface area is 138 Å². The van der Waals surface area contributed by atoms with Crippen molar-refractivity contribution < 1.29 is 9.84 Å². The van der Waals surface area contributed by atoms with Gasteiger partial charge >= 0.3 is 0 Å². The third-order valence-corrected chi connectivity index (χ3v) is 4.24. The van der Waals surface area contributed by atoms with Gasteiger partial charge in [0.05, 0.1) is 7.11 Å². The Bertz CT molecular complexity index is 731. The fourth-order valence-electron chi connectivity index (χ4n) is 2.73. The molecule has 0 fully saturated rings. The van der Waals surface area contributed by atoms with E-state index in [1.807, 2.05) is 52.0 Å². The van der Waals surface area contributed by atoms with Crippen LogP contribution in [0.1, 0.15) is 29.2 Å². The highest BCUT2D eigenvalue weighted by Gasteiger charge is 2.17. The Morgan fingerprint density at radius 1 is 1.09 bits per heavy atom. The Morgan fingerprint density at radius 3 is 2.22 bits per heavy atom. The first-order valence-electron chi connectivity index (χ1n) is 7.72. The Morgan fingerprint density at radius 2 is 1.70 bits per heavy atom. The van der Waals surface area contributed by atoms with Crippen LogP contribution in [0.2, 0.25) is 0 Å². The lowest BCUT2D eigenvalue weighted by atomic mass is 9.92. The molecule has 0 amide bonds. The van der Waals surface area contributed by atoms with Gasteiger partial charge in [0.25, 0.3) is 0 Å². The van der Waals surface area contributed by atoms with Crippen molar-refractivity contribution in [3.05, 3.63) is 58.7 Å². The van der Waals surface area contributed by atoms with Crippen LogP contribution in [0.5, 0.6) is 11.5 Å². The molecule has 0 saturated carbocycles. The first-order valence-corrected chi connectivity index (χ1v) is 7.72. The summed E-state index contributed by atoms with van der Waals surface area (Å²) in [6.07, 6.45) is 0.677. The third kappa shape index (κ3) is 3.50. The fourth-order valence-corrected chi connectivity index (χ4v) is 2.73. The Balaban J connectivity index is 2.48. The van der Waals surface area contributed by atoms with Crippen LogP contribution in [0.4, 0.5) is 11.4 Å². The molecule has 0 bridgehead atoms. The summed E-state index contributed by atoms with van der Waals surface area (Å²) in [7, 11) is 1.66. The standard InChI is InChI=1S/C20H25NO2/c1-12(2)11-18-15(5)19(13(3)14(4)20(18)22)21-16-7-9-17(23-6)10-8-16/h7-10,21-22H,1,11H2,2-6H3. The summed E-state index contributed by atoms with van der Waals surface area (Å²) in [5, 5.41) is 14.0. The molecule has 0 radical (unpaired) electrons. The molecule has 0 aliphatic carbocycles. The average Bonchev–Trinajstić information content (AvgIpc) is 2.54. The molecule has 23 heavy (non-hydrogen) atoms. The maximum atomic E-state index is 10.5. The van der Waals surface area contributed by atoms with E-state index in [0.717, 1.165) is 45.0 Å². The number of aromatic hydroxyl groups is 1. The number of phenolic OH excluding ortho intramolecular Hbond substituents is 1. The smallest absolute Gasteiger partial charge is 0.122 e. The second kappa shape index (κ2) is 6.78. The maximum absolute atomic E-state index is 10.5. The topological polar surface area (TPSA) is 41.5 Å². The van der Waals surface area contributed by atoms with Crippen molar-refractivity contribution >= 4 is 11.4 Å². The van der Waals surface area contributed by atoms with Crippen molar-refractivity contribution in [3.8, 4) is 11.5 Å². The quantitative estimate of drug-likeness (QED) is 0.590. The first kappa shape index (κ1) is 16.9. The molecule has 2 rings (SSSR count). The summed E-state index contributed by atoms with van der Waals surface area (Å²) in [4.78, 5) is 0. The number of ether oxygens (including phenoxy) is 1. The number of benzene rings is 2. The van der Waals surface area contributed by atoms with Crippen molar-refractivity contribution in [3.63, 3.8) is 0 Å². The van der Waals surface area contributed by atoms with E-state index < -0.39 is 0 Å². The number of hydrogen-bond acceptors (Lipinski definition) is 3. The van der Waals surface area contributed by atoms with Gasteiger partial charge in [-0.2, -0.15) is 0 Å². The molecule has 122 valence electrons. The summed E-state index contributed by atoms with van der Waals surface area (Å²) in [6.45, 7) is 12.0. The molecular weight excluding hydrogens is 286 g/mol. The SMILES string of the molecule is C=C(C)Cc1c(C)c(Nc2ccc(OC)cc2)c(C)c(C)c1O. The second-order valence-corrected chi connectivity index (χ2v) is 6.06. The summed E-state index contributed by atoms with van der Waals surface area (Å²) in [6, 6.07) is 7.82. The molecule has 3 heteroatoms. The van der Waals surface area contributed by atoms with Gasteiger partial charge in [0.2, 0.25) is 0 Å². The lowest BCUT2D eigenvalue weighted by Crippen LogP contribution is -2.03. The highest BCUT2D eigenvalue weighted by Crippen LogP contribution is 2.38. The summed E-state index contributed by atoms with van der Waals surface area (Å²) < 4.78 is 5.19. The minimum atomic E-state index is 0.378. The summed E-state index contributed by atoms with van der Waals surface area (Å²) >= 11 is 0. The normalized spacial score (nSPS) is 10.5. The number of anilines is 2. The molecule has 3 nitrogen and oxygen atoms in total. The number of phenols is 1. The van der Waals surface area contributed by atoms with Gasteiger partial charge < -0.3 is 15.2 Å². The predicted octanol–water partition coefficient (Wildman–Crippen LogP) is 5.19. The van der Waals surface area contributed by atoms with Crippen LogP contribution >= 0.6 is 0 Å². The zero-order chi connectivity index (χ0) is 17.1. The van der Waals surface area contributed by atoms with Gasteiger partial charge in [0.15, 0.2) is 0 Å². The van der Waals surface area contributed by atoms with E-state index in [9.17, 15) is 5.11 Å². The predicted molar refractivity (Wildman–Crippen MR) is 97.1 cm³/mol. The molecule has 0 aliphatic rings. The lowest BCUT2D eigenvalue weighted by Gasteiger charge is -2.21. The molecular formula is C20H25NO2. The van der Waals surface area contributed by atoms with Crippen LogP contribution in [0, 0.1) is 20.8 Å². The number of allylic oxidation sites excluding steroid dienone is 1. The van der Waals surface area contributed by atoms with Gasteiger partial charge in [-0.05, 0) is 75.1 Å². The van der Waals surface area contributed by atoms with E-state index in [-0.39, 0.29) is 0 Å². The number of hydrogen-bond donors (Lipinski definition) is 2. The number of rotatable bonds is 5. The van der Waals surface area contributed by atoms with Crippen molar-refractivity contribution in [1.82, 2.24) is 0 Å². The van der Waals surface area contributed by atoms with Gasteiger partial charge in [0, 0.05) is 16.9 Å². The van der Waals surface area contributed by atoms with Crippen molar-refractivity contribution in [2.24, 2.45) is 0 Å². The highest BCUT2D eigenvalue weighted by atomic mass is 16.5. The van der Waals surface area contributed by atoms with Crippen LogP contribution in [-0.2, 0) is 6.42 Å². The van der Waals surface area contributed by atoms with Crippen molar-refractivity contribution in [2.75, 3.05) is 12.4 Å². The molecule has 0 aromatic heterocycles. The summed E-state index contributed by atoms with van der Waals surface area (Å²) in [5.74, 6) is 1.21. The van der Waals surface area contributed by atoms with Gasteiger partial charge in [-0.1, -0.05) is 12.2 Å². The lowest BCUT2D eigenvalue weighted by molar-refractivity contribution is 0.415. The van der Waals surface area contributed by atoms with E-state index in [1.54, 1.807) is 7.11 Å². The molecule has 0 aliphatic heterocycles. The Kier molecular flexibility index (Phi) is 4.99. The van der Waals surface area contributed by atoms with Crippen LogP contribution in [0.3, 0.4) is 0 Å². The van der Waals surface area contributed by atoms with E-state index in [1.165, 1.54) is 0 Å². The third-order valence-electron chi connectivity index (χ3n) is 4.24. The average molecular weight is 311 g/mol. The monoisotopic (exact) mass is 311 g/mol. The Hall–Kier alpha value is -2.42. The molecule has 0 heterocycles. The highest BCUT2D eigenvalue weighted by molar-refractivity contribution is 5.73. The molecule has 2 aromatic carbocycles. The fraction of sp³-hybridized carbons (Fsp3) is 0.300. The van der Waals surface area contributed by atoms with E-state index in [4.69, 9.17) is 4.74 Å². The molecule has 0 saturated heterocycles. The van der Waals surface area contributed by atoms with E-state index >= 15 is 0 Å². The zero-order valence-electron chi connectivity index (χ0n) is 14.6. The molecule has 0 spiro atoms. The van der Waals surface area contributed by atoms with Gasteiger partial charge in [-0.15, -0.1) is 0 Å². The number of methoxy groups -OCH3 is 1. The van der Waals surface area contributed by atoms with Crippen LogP contribution < -0.4 is 10.1 Å². The van der Waals surface area contributed by atoms with Crippen molar-refractivity contribution in [2.45, 2.75) is 34.1 Å². The molecule has 2 aromatic rings. The van der Waals surface area contributed by atoms with E-state index in [0.29, 0.717) is 12.2 Å². The van der Waals surface area contributed by atoms with Gasteiger partial charge in [-0.3, -0.25) is 0 Å². The summed E-state index contributed by atoms with van der Waals surface area (Å²) in [5.41, 5.74) is 7.03. The van der Waals surface area contributed by atoms with Gasteiger partial charge in [0.1, 0.15) is 11.5 Å². The molecule has 2 N–H and O–H groups in total.